The molecular weight excluding hydrogens is 266 g/mol. The van der Waals surface area contributed by atoms with Crippen molar-refractivity contribution in [3.8, 4) is 5.75 Å². The van der Waals surface area contributed by atoms with Gasteiger partial charge in [-0.25, -0.2) is 0 Å². The van der Waals surface area contributed by atoms with Crippen molar-refractivity contribution in [2.45, 2.75) is 38.0 Å². The van der Waals surface area contributed by atoms with Crippen molar-refractivity contribution >= 4 is 11.6 Å². The minimum atomic E-state index is -2.91. The normalized spacial score (nSPS) is 27.9. The van der Waals surface area contributed by atoms with E-state index < -0.39 is 6.61 Å². The van der Waals surface area contributed by atoms with E-state index in [4.69, 9.17) is 0 Å². The first-order valence-electron chi connectivity index (χ1n) is 6.74. The van der Waals surface area contributed by atoms with Crippen LogP contribution in [-0.2, 0) is 4.79 Å². The van der Waals surface area contributed by atoms with Gasteiger partial charge in [0.25, 0.3) is 0 Å². The Labute approximate surface area is 115 Å². The van der Waals surface area contributed by atoms with Crippen molar-refractivity contribution in [3.63, 3.8) is 0 Å². The van der Waals surface area contributed by atoms with Crippen LogP contribution in [0.4, 0.5) is 14.5 Å². The molecule has 2 N–H and O–H groups in total. The smallest absolute Gasteiger partial charge is 0.387 e. The van der Waals surface area contributed by atoms with Crippen LogP contribution in [0.25, 0.3) is 0 Å². The van der Waals surface area contributed by atoms with E-state index in [9.17, 15) is 13.6 Å². The van der Waals surface area contributed by atoms with Crippen LogP contribution in [0, 0.1) is 5.92 Å². The van der Waals surface area contributed by atoms with Crippen LogP contribution >= 0.6 is 0 Å². The molecule has 2 heterocycles. The molecule has 0 aromatic heterocycles. The number of hydrogen-bond acceptors (Lipinski definition) is 3. The Morgan fingerprint density at radius 2 is 2.15 bits per heavy atom. The zero-order valence-electron chi connectivity index (χ0n) is 10.8. The Balaban J connectivity index is 1.70. The second-order valence-electron chi connectivity index (χ2n) is 5.25. The first-order valence-corrected chi connectivity index (χ1v) is 6.74. The molecule has 108 valence electrons. The van der Waals surface area contributed by atoms with Crippen molar-refractivity contribution < 1.29 is 18.3 Å². The van der Waals surface area contributed by atoms with Crippen molar-refractivity contribution in [2.75, 3.05) is 5.32 Å². The largest absolute Gasteiger partial charge is 0.433 e. The lowest BCUT2D eigenvalue weighted by atomic mass is 9.88. The van der Waals surface area contributed by atoms with Gasteiger partial charge in [0.05, 0.1) is 11.6 Å². The molecule has 3 unspecified atom stereocenters. The molecule has 3 atom stereocenters. The highest BCUT2D eigenvalue weighted by molar-refractivity contribution is 5.94. The highest BCUT2D eigenvalue weighted by atomic mass is 19.3. The summed E-state index contributed by atoms with van der Waals surface area (Å²) in [6.45, 7) is -2.91. The third-order valence-electron chi connectivity index (χ3n) is 4.00. The topological polar surface area (TPSA) is 50.4 Å². The second kappa shape index (κ2) is 5.36. The fourth-order valence-electron chi connectivity index (χ4n) is 3.11. The summed E-state index contributed by atoms with van der Waals surface area (Å²) in [6, 6.07) is 6.88. The van der Waals surface area contributed by atoms with Gasteiger partial charge in [-0.15, -0.1) is 0 Å². The molecular formula is C14H16F2N2O2. The number of anilines is 1. The minimum absolute atomic E-state index is 0.00744. The number of fused-ring (bicyclic) bond motifs is 2. The first kappa shape index (κ1) is 13.3. The molecule has 2 bridgehead atoms. The third kappa shape index (κ3) is 2.60. The molecule has 1 amide bonds. The number of amides is 1. The van der Waals surface area contributed by atoms with Gasteiger partial charge in [0.15, 0.2) is 0 Å². The summed E-state index contributed by atoms with van der Waals surface area (Å²) < 4.78 is 29.0. The number of nitrogens with one attached hydrogen (secondary N) is 2. The number of hydrogen-bond donors (Lipinski definition) is 2. The standard InChI is InChI=1S/C14H16F2N2O2/c15-14(16)20-12-4-2-1-3-11(12)18-13(19)9-7-8-5-6-10(9)17-8/h1-4,8-10,14,17H,5-7H2,(H,18,19). The molecule has 2 fully saturated rings. The third-order valence-corrected chi connectivity index (χ3v) is 4.00. The Morgan fingerprint density at radius 3 is 2.80 bits per heavy atom. The first-order chi connectivity index (χ1) is 9.63. The number of alkyl halides is 2. The molecule has 4 nitrogen and oxygen atoms in total. The van der Waals surface area contributed by atoms with Crippen LogP contribution in [0.1, 0.15) is 19.3 Å². The summed E-state index contributed by atoms with van der Waals surface area (Å²) >= 11 is 0. The van der Waals surface area contributed by atoms with Crippen molar-refractivity contribution in [1.29, 1.82) is 0 Å². The molecule has 1 aromatic rings. The number of para-hydroxylation sites is 2. The Bertz CT molecular complexity index is 510. The minimum Gasteiger partial charge on any atom is -0.433 e. The second-order valence-corrected chi connectivity index (χ2v) is 5.25. The summed E-state index contributed by atoms with van der Waals surface area (Å²) in [5, 5.41) is 6.08. The van der Waals surface area contributed by atoms with Crippen LogP contribution in [0.5, 0.6) is 5.75 Å². The van der Waals surface area contributed by atoms with E-state index in [0.717, 1.165) is 19.3 Å². The van der Waals surface area contributed by atoms with Gasteiger partial charge in [0, 0.05) is 12.1 Å². The fourth-order valence-corrected chi connectivity index (χ4v) is 3.11. The lowest BCUT2D eigenvalue weighted by Gasteiger charge is -2.20. The van der Waals surface area contributed by atoms with Crippen LogP contribution < -0.4 is 15.4 Å². The van der Waals surface area contributed by atoms with E-state index >= 15 is 0 Å². The van der Waals surface area contributed by atoms with Gasteiger partial charge in [-0.05, 0) is 31.4 Å². The molecule has 3 rings (SSSR count). The Morgan fingerprint density at radius 1 is 1.35 bits per heavy atom. The SMILES string of the molecule is O=C(Nc1ccccc1OC(F)F)C1CC2CCC1N2. The number of carbonyl (C=O) groups excluding carboxylic acids is 1. The molecule has 0 aliphatic carbocycles. The highest BCUT2D eigenvalue weighted by Gasteiger charge is 2.42. The summed E-state index contributed by atoms with van der Waals surface area (Å²) in [5.74, 6) is -0.227. The van der Waals surface area contributed by atoms with E-state index in [2.05, 4.69) is 15.4 Å². The van der Waals surface area contributed by atoms with E-state index in [1.807, 2.05) is 0 Å². The van der Waals surface area contributed by atoms with Crippen molar-refractivity contribution in [2.24, 2.45) is 5.92 Å². The van der Waals surface area contributed by atoms with E-state index in [0.29, 0.717) is 11.7 Å². The molecule has 0 saturated carbocycles. The summed E-state index contributed by atoms with van der Waals surface area (Å²) in [4.78, 5) is 12.2. The van der Waals surface area contributed by atoms with Gasteiger partial charge in [-0.3, -0.25) is 4.79 Å². The van der Waals surface area contributed by atoms with Crippen LogP contribution in [0.15, 0.2) is 24.3 Å². The van der Waals surface area contributed by atoms with E-state index in [1.165, 1.54) is 6.07 Å². The average molecular weight is 282 g/mol. The number of benzene rings is 1. The lowest BCUT2D eigenvalue weighted by molar-refractivity contribution is -0.120. The number of ether oxygens (including phenoxy) is 1. The van der Waals surface area contributed by atoms with Crippen LogP contribution in [-0.4, -0.2) is 24.6 Å². The fraction of sp³-hybridized carbons (Fsp3) is 0.500. The monoisotopic (exact) mass is 282 g/mol. The zero-order valence-corrected chi connectivity index (χ0v) is 10.8. The maximum Gasteiger partial charge on any atom is 0.387 e. The van der Waals surface area contributed by atoms with Crippen LogP contribution in [0.3, 0.4) is 0 Å². The molecule has 20 heavy (non-hydrogen) atoms. The van der Waals surface area contributed by atoms with Gasteiger partial charge in [0.2, 0.25) is 5.91 Å². The van der Waals surface area contributed by atoms with Gasteiger partial charge in [-0.1, -0.05) is 12.1 Å². The maximum atomic E-state index is 12.3. The summed E-state index contributed by atoms with van der Waals surface area (Å²) in [7, 11) is 0. The van der Waals surface area contributed by atoms with E-state index in [1.54, 1.807) is 18.2 Å². The zero-order chi connectivity index (χ0) is 14.1. The van der Waals surface area contributed by atoms with Gasteiger partial charge in [0.1, 0.15) is 5.75 Å². The number of rotatable bonds is 4. The van der Waals surface area contributed by atoms with Gasteiger partial charge >= 0.3 is 6.61 Å². The predicted octanol–water partition coefficient (Wildman–Crippen LogP) is 2.37. The van der Waals surface area contributed by atoms with E-state index in [-0.39, 0.29) is 23.6 Å². The molecule has 6 heteroatoms. The number of halogens is 2. The van der Waals surface area contributed by atoms with Crippen LogP contribution in [0.2, 0.25) is 0 Å². The molecule has 2 aliphatic heterocycles. The maximum absolute atomic E-state index is 12.3. The molecule has 1 aromatic carbocycles. The molecule has 2 aliphatic rings. The molecule has 0 spiro atoms. The molecule has 0 radical (unpaired) electrons. The van der Waals surface area contributed by atoms with Gasteiger partial charge in [-0.2, -0.15) is 8.78 Å². The lowest BCUT2D eigenvalue weighted by Crippen LogP contribution is -2.33. The highest BCUT2D eigenvalue weighted by Crippen LogP contribution is 2.35. The number of carbonyl (C=O) groups is 1. The van der Waals surface area contributed by atoms with Crippen molar-refractivity contribution in [1.82, 2.24) is 5.32 Å². The summed E-state index contributed by atoms with van der Waals surface area (Å²) in [5.41, 5.74) is 0.292. The van der Waals surface area contributed by atoms with Crippen molar-refractivity contribution in [3.05, 3.63) is 24.3 Å². The average Bonchev–Trinajstić information content (AvgIpc) is 3.02. The summed E-state index contributed by atoms with van der Waals surface area (Å²) in [6.07, 6.45) is 2.92. The quantitative estimate of drug-likeness (QED) is 0.891. The predicted molar refractivity (Wildman–Crippen MR) is 69.8 cm³/mol. The van der Waals surface area contributed by atoms with Gasteiger partial charge < -0.3 is 15.4 Å². The Kier molecular flexibility index (Phi) is 3.56. The molecule has 2 saturated heterocycles. The Hall–Kier alpha value is -1.69.